The van der Waals surface area contributed by atoms with Crippen LogP contribution < -0.4 is 14.8 Å². The molecule has 2 aliphatic heterocycles. The molecule has 9 heteroatoms. The Morgan fingerprint density at radius 3 is 2.72 bits per heavy atom. The van der Waals surface area contributed by atoms with Crippen LogP contribution in [0.5, 0.6) is 11.5 Å². The van der Waals surface area contributed by atoms with Crippen LogP contribution in [0.3, 0.4) is 0 Å². The zero-order chi connectivity index (χ0) is 22.6. The summed E-state index contributed by atoms with van der Waals surface area (Å²) in [6, 6.07) is 7.51. The number of halogens is 3. The quantitative estimate of drug-likeness (QED) is 0.733. The summed E-state index contributed by atoms with van der Waals surface area (Å²) in [4.78, 5) is 18.3. The number of carbonyl (C=O) groups is 1. The number of hydrogen-bond donors (Lipinski definition) is 1. The number of ether oxygens (including phenoxy) is 2. The summed E-state index contributed by atoms with van der Waals surface area (Å²) < 4.78 is 51.1. The number of nitrogens with zero attached hydrogens (tertiary/aromatic N) is 2. The van der Waals surface area contributed by atoms with Gasteiger partial charge in [-0.3, -0.25) is 14.7 Å². The molecule has 1 aromatic heterocycles. The van der Waals surface area contributed by atoms with E-state index in [1.807, 2.05) is 12.1 Å². The van der Waals surface area contributed by atoms with Gasteiger partial charge in [-0.2, -0.15) is 13.2 Å². The number of rotatable bonds is 6. The van der Waals surface area contributed by atoms with E-state index in [-0.39, 0.29) is 24.0 Å². The molecule has 1 N–H and O–H groups in total. The lowest BCUT2D eigenvalue weighted by molar-refractivity contribution is -0.140. The first-order chi connectivity index (χ1) is 15.4. The van der Waals surface area contributed by atoms with Crippen molar-refractivity contribution in [2.24, 2.45) is 5.92 Å². The molecule has 0 aliphatic carbocycles. The van der Waals surface area contributed by atoms with Crippen molar-refractivity contribution in [2.45, 2.75) is 31.5 Å². The maximum atomic E-state index is 13.3. The smallest absolute Gasteiger partial charge is 0.420 e. The van der Waals surface area contributed by atoms with Gasteiger partial charge in [0.05, 0.1) is 6.42 Å². The fourth-order valence-corrected chi connectivity index (χ4v) is 4.12. The topological polar surface area (TPSA) is 63.7 Å². The SMILES string of the molecule is O=C(Cc1cccnc1)NCC1CCN(C[C@H]2COc3cccc(C(F)(F)F)c3O2)CC1. The highest BCUT2D eigenvalue weighted by Gasteiger charge is 2.38. The predicted octanol–water partition coefficient (Wildman–Crippen LogP) is 3.31. The third kappa shape index (κ3) is 5.70. The first-order valence-corrected chi connectivity index (χ1v) is 10.8. The van der Waals surface area contributed by atoms with Gasteiger partial charge in [-0.05, 0) is 55.6 Å². The van der Waals surface area contributed by atoms with Gasteiger partial charge in [0, 0.05) is 25.5 Å². The van der Waals surface area contributed by atoms with Gasteiger partial charge in [0.1, 0.15) is 18.3 Å². The zero-order valence-corrected chi connectivity index (χ0v) is 17.6. The zero-order valence-electron chi connectivity index (χ0n) is 17.6. The summed E-state index contributed by atoms with van der Waals surface area (Å²) in [6.07, 6.45) is 0.542. The maximum Gasteiger partial charge on any atom is 0.420 e. The van der Waals surface area contributed by atoms with Crippen molar-refractivity contribution in [1.29, 1.82) is 0 Å². The lowest BCUT2D eigenvalue weighted by Crippen LogP contribution is -2.45. The lowest BCUT2D eigenvalue weighted by Gasteiger charge is -2.36. The highest BCUT2D eigenvalue weighted by Crippen LogP contribution is 2.43. The predicted molar refractivity (Wildman–Crippen MR) is 111 cm³/mol. The Morgan fingerprint density at radius 1 is 1.19 bits per heavy atom. The number of nitrogens with one attached hydrogen (secondary N) is 1. The number of alkyl halides is 3. The molecule has 0 spiro atoms. The number of pyridine rings is 1. The third-order valence-corrected chi connectivity index (χ3v) is 5.84. The van der Waals surface area contributed by atoms with Gasteiger partial charge in [-0.15, -0.1) is 0 Å². The van der Waals surface area contributed by atoms with E-state index in [4.69, 9.17) is 9.47 Å². The Morgan fingerprint density at radius 2 is 2.00 bits per heavy atom. The van der Waals surface area contributed by atoms with E-state index in [1.165, 1.54) is 12.1 Å². The van der Waals surface area contributed by atoms with Crippen LogP contribution in [0.25, 0.3) is 0 Å². The van der Waals surface area contributed by atoms with E-state index < -0.39 is 17.8 Å². The number of para-hydroxylation sites is 1. The number of fused-ring (bicyclic) bond motifs is 1. The minimum absolute atomic E-state index is 0.0210. The van der Waals surface area contributed by atoms with Crippen LogP contribution >= 0.6 is 0 Å². The molecule has 1 aromatic carbocycles. The van der Waals surface area contributed by atoms with E-state index in [1.54, 1.807) is 12.4 Å². The highest BCUT2D eigenvalue weighted by molar-refractivity contribution is 5.78. The maximum absolute atomic E-state index is 13.3. The van der Waals surface area contributed by atoms with Crippen molar-refractivity contribution in [3.05, 3.63) is 53.9 Å². The number of piperidine rings is 1. The molecule has 4 rings (SSSR count). The van der Waals surface area contributed by atoms with Gasteiger partial charge in [0.15, 0.2) is 11.5 Å². The van der Waals surface area contributed by atoms with Crippen LogP contribution in [0.15, 0.2) is 42.7 Å². The molecule has 0 unspecified atom stereocenters. The van der Waals surface area contributed by atoms with Crippen LogP contribution in [0, 0.1) is 5.92 Å². The van der Waals surface area contributed by atoms with Crippen LogP contribution in [0.1, 0.15) is 24.0 Å². The molecular formula is C23H26F3N3O3. The number of likely N-dealkylation sites (tertiary alicyclic amines) is 1. The molecule has 32 heavy (non-hydrogen) atoms. The van der Waals surface area contributed by atoms with Crippen molar-refractivity contribution in [1.82, 2.24) is 15.2 Å². The average molecular weight is 449 g/mol. The van der Waals surface area contributed by atoms with Crippen molar-refractivity contribution in [3.63, 3.8) is 0 Å². The van der Waals surface area contributed by atoms with E-state index >= 15 is 0 Å². The third-order valence-electron chi connectivity index (χ3n) is 5.84. The van der Waals surface area contributed by atoms with E-state index in [0.717, 1.165) is 37.6 Å². The number of aromatic nitrogens is 1. The summed E-state index contributed by atoms with van der Waals surface area (Å²) in [5.74, 6) is 0.275. The van der Waals surface area contributed by atoms with Crippen molar-refractivity contribution in [2.75, 3.05) is 32.8 Å². The Balaban J connectivity index is 1.22. The number of carbonyl (C=O) groups excluding carboxylic acids is 1. The molecule has 2 aliphatic rings. The van der Waals surface area contributed by atoms with Crippen LogP contribution in [0.4, 0.5) is 13.2 Å². The number of benzene rings is 1. The van der Waals surface area contributed by atoms with Crippen molar-refractivity contribution >= 4 is 5.91 Å². The van der Waals surface area contributed by atoms with Gasteiger partial charge in [0.2, 0.25) is 5.91 Å². The highest BCUT2D eigenvalue weighted by atomic mass is 19.4. The Hall–Kier alpha value is -2.81. The Kier molecular flexibility index (Phi) is 6.83. The fraction of sp³-hybridized carbons (Fsp3) is 0.478. The second kappa shape index (κ2) is 9.77. The standard InChI is InChI=1S/C23H26F3N3O3/c24-23(25,26)19-4-1-5-20-22(19)32-18(15-31-20)14-29-9-6-16(7-10-29)13-28-21(30)11-17-3-2-8-27-12-17/h1-5,8,12,16,18H,6-7,9-11,13-15H2,(H,28,30)/t18-/m0/s1. The lowest BCUT2D eigenvalue weighted by atomic mass is 9.96. The van der Waals surface area contributed by atoms with Crippen LogP contribution in [-0.4, -0.2) is 54.7 Å². The molecular weight excluding hydrogens is 423 g/mol. The summed E-state index contributed by atoms with van der Waals surface area (Å²) in [5.41, 5.74) is 0.0743. The molecule has 1 atom stereocenters. The molecule has 172 valence electrons. The van der Waals surface area contributed by atoms with Gasteiger partial charge < -0.3 is 14.8 Å². The molecule has 0 saturated carbocycles. The summed E-state index contributed by atoms with van der Waals surface area (Å²) in [7, 11) is 0. The van der Waals surface area contributed by atoms with E-state index in [0.29, 0.717) is 25.4 Å². The van der Waals surface area contributed by atoms with E-state index in [9.17, 15) is 18.0 Å². The van der Waals surface area contributed by atoms with Crippen molar-refractivity contribution < 1.29 is 27.4 Å². The normalized spacial score (nSPS) is 19.5. The Labute approximate surface area is 184 Å². The molecule has 1 saturated heterocycles. The van der Waals surface area contributed by atoms with Gasteiger partial charge in [0.25, 0.3) is 0 Å². The molecule has 1 fully saturated rings. The molecule has 1 amide bonds. The van der Waals surface area contributed by atoms with Crippen LogP contribution in [-0.2, 0) is 17.4 Å². The first kappa shape index (κ1) is 22.4. The Bertz CT molecular complexity index is 916. The molecule has 0 radical (unpaired) electrons. The molecule has 6 nitrogen and oxygen atoms in total. The molecule has 2 aromatic rings. The second-order valence-electron chi connectivity index (χ2n) is 8.27. The van der Waals surface area contributed by atoms with Crippen molar-refractivity contribution in [3.8, 4) is 11.5 Å². The fourth-order valence-electron chi connectivity index (χ4n) is 4.12. The summed E-state index contributed by atoms with van der Waals surface area (Å²) >= 11 is 0. The van der Waals surface area contributed by atoms with Crippen LogP contribution in [0.2, 0.25) is 0 Å². The first-order valence-electron chi connectivity index (χ1n) is 10.8. The monoisotopic (exact) mass is 449 g/mol. The molecule has 3 heterocycles. The average Bonchev–Trinajstić information content (AvgIpc) is 2.78. The number of amides is 1. The van der Waals surface area contributed by atoms with Gasteiger partial charge >= 0.3 is 6.18 Å². The minimum Gasteiger partial charge on any atom is -0.486 e. The van der Waals surface area contributed by atoms with E-state index in [2.05, 4.69) is 15.2 Å². The second-order valence-corrected chi connectivity index (χ2v) is 8.27. The minimum atomic E-state index is -4.49. The van der Waals surface area contributed by atoms with Gasteiger partial charge in [-0.25, -0.2) is 0 Å². The van der Waals surface area contributed by atoms with Gasteiger partial charge in [-0.1, -0.05) is 12.1 Å². The largest absolute Gasteiger partial charge is 0.486 e. The molecule has 0 bridgehead atoms. The number of hydrogen-bond acceptors (Lipinski definition) is 5. The summed E-state index contributed by atoms with van der Waals surface area (Å²) in [5, 5.41) is 2.99. The summed E-state index contributed by atoms with van der Waals surface area (Å²) in [6.45, 7) is 2.95.